The first-order valence-electron chi connectivity index (χ1n) is 7.18. The molecule has 2 N–H and O–H groups in total. The number of aliphatic hydroxyl groups excluding tert-OH is 1. The van der Waals surface area contributed by atoms with Crippen LogP contribution < -0.4 is 5.32 Å². The van der Waals surface area contributed by atoms with Crippen LogP contribution in [0.4, 0.5) is 5.82 Å². The first-order chi connectivity index (χ1) is 9.82. The zero-order valence-electron chi connectivity index (χ0n) is 13.2. The lowest BCUT2D eigenvalue weighted by molar-refractivity contribution is -0.117. The van der Waals surface area contributed by atoms with Crippen LogP contribution in [0, 0.1) is 23.2 Å². The zero-order chi connectivity index (χ0) is 15.9. The zero-order valence-corrected chi connectivity index (χ0v) is 13.2. The van der Waals surface area contributed by atoms with E-state index in [4.69, 9.17) is 5.11 Å². The van der Waals surface area contributed by atoms with Crippen LogP contribution in [0.5, 0.6) is 0 Å². The number of carbonyl (C=O) groups excluding carboxylic acids is 1. The summed E-state index contributed by atoms with van der Waals surface area (Å²) in [5, 5.41) is 11.5. The lowest BCUT2D eigenvalue weighted by Gasteiger charge is -2.26. The summed E-state index contributed by atoms with van der Waals surface area (Å²) in [5.41, 5.74) is 0.875. The molecule has 4 nitrogen and oxygen atoms in total. The molecule has 1 atom stereocenters. The first-order valence-corrected chi connectivity index (χ1v) is 7.18. The van der Waals surface area contributed by atoms with Gasteiger partial charge in [-0.05, 0) is 23.5 Å². The van der Waals surface area contributed by atoms with E-state index in [-0.39, 0.29) is 23.8 Å². The Morgan fingerprint density at radius 1 is 1.48 bits per heavy atom. The second-order valence-electron chi connectivity index (χ2n) is 6.22. The predicted octanol–water partition coefficient (Wildman–Crippen LogP) is 2.83. The van der Waals surface area contributed by atoms with E-state index in [0.29, 0.717) is 18.7 Å². The molecule has 0 aliphatic carbocycles. The number of nitrogens with one attached hydrogen (secondary N) is 1. The number of aliphatic hydroxyl groups is 1. The molecule has 114 valence electrons. The number of carbonyl (C=O) groups is 1. The van der Waals surface area contributed by atoms with Crippen LogP contribution >= 0.6 is 0 Å². The molecule has 0 spiro atoms. The molecule has 4 heteroatoms. The molecule has 0 radical (unpaired) electrons. The average molecular weight is 288 g/mol. The van der Waals surface area contributed by atoms with Gasteiger partial charge in [-0.3, -0.25) is 4.79 Å². The number of nitrogens with zero attached hydrogens (tertiary/aromatic N) is 1. The van der Waals surface area contributed by atoms with Gasteiger partial charge < -0.3 is 10.4 Å². The lowest BCUT2D eigenvalue weighted by atomic mass is 9.80. The van der Waals surface area contributed by atoms with Gasteiger partial charge in [0.25, 0.3) is 0 Å². The van der Waals surface area contributed by atoms with Crippen molar-refractivity contribution in [3.8, 4) is 11.8 Å². The molecule has 0 fully saturated rings. The highest BCUT2D eigenvalue weighted by Crippen LogP contribution is 2.28. The summed E-state index contributed by atoms with van der Waals surface area (Å²) in [5.74, 6) is 6.52. The fourth-order valence-electron chi connectivity index (χ4n) is 1.58. The number of amides is 1. The normalized spacial score (nSPS) is 12.2. The van der Waals surface area contributed by atoms with E-state index in [0.717, 1.165) is 5.56 Å². The van der Waals surface area contributed by atoms with Crippen LogP contribution in [0.25, 0.3) is 0 Å². The van der Waals surface area contributed by atoms with Crippen molar-refractivity contribution < 1.29 is 9.90 Å². The maximum absolute atomic E-state index is 12.0. The SMILES string of the molecule is CC(CC(=O)Nc1cc(C#CCCO)ccn1)C(C)(C)C. The Hall–Kier alpha value is -1.86. The third-order valence-electron chi connectivity index (χ3n) is 3.47. The van der Waals surface area contributed by atoms with Gasteiger partial charge in [-0.2, -0.15) is 0 Å². The summed E-state index contributed by atoms with van der Waals surface area (Å²) < 4.78 is 0. The summed E-state index contributed by atoms with van der Waals surface area (Å²) in [7, 11) is 0. The van der Waals surface area contributed by atoms with E-state index in [1.54, 1.807) is 18.3 Å². The van der Waals surface area contributed by atoms with Crippen molar-refractivity contribution in [2.45, 2.75) is 40.5 Å². The average Bonchev–Trinajstić information content (AvgIpc) is 2.38. The van der Waals surface area contributed by atoms with E-state index in [1.165, 1.54) is 0 Å². The molecule has 1 rings (SSSR count). The minimum Gasteiger partial charge on any atom is -0.395 e. The van der Waals surface area contributed by atoms with Crippen molar-refractivity contribution in [2.24, 2.45) is 11.3 Å². The van der Waals surface area contributed by atoms with Gasteiger partial charge in [0.05, 0.1) is 6.61 Å². The Morgan fingerprint density at radius 3 is 2.81 bits per heavy atom. The van der Waals surface area contributed by atoms with Gasteiger partial charge in [-0.1, -0.05) is 39.5 Å². The summed E-state index contributed by atoms with van der Waals surface area (Å²) in [6, 6.07) is 3.52. The van der Waals surface area contributed by atoms with Crippen LogP contribution in [0.15, 0.2) is 18.3 Å². The molecule has 21 heavy (non-hydrogen) atoms. The Bertz CT molecular complexity index is 536. The van der Waals surface area contributed by atoms with Crippen LogP contribution in [0.1, 0.15) is 46.1 Å². The molecule has 1 aromatic heterocycles. The van der Waals surface area contributed by atoms with E-state index in [2.05, 4.69) is 49.8 Å². The molecular formula is C17H24N2O2. The number of anilines is 1. The quantitative estimate of drug-likeness (QED) is 0.837. The standard InChI is InChI=1S/C17H24N2O2/c1-13(17(2,3)4)11-16(21)19-15-12-14(8-9-18-15)7-5-6-10-20/h8-9,12-13,20H,6,10-11H2,1-4H3,(H,18,19,21). The molecule has 0 bridgehead atoms. The Balaban J connectivity index is 2.65. The maximum Gasteiger partial charge on any atom is 0.225 e. The summed E-state index contributed by atoms with van der Waals surface area (Å²) >= 11 is 0. The fourth-order valence-corrected chi connectivity index (χ4v) is 1.58. The highest BCUT2D eigenvalue weighted by Gasteiger charge is 2.22. The van der Waals surface area contributed by atoms with Gasteiger partial charge in [0.2, 0.25) is 5.91 Å². The summed E-state index contributed by atoms with van der Waals surface area (Å²) in [4.78, 5) is 16.1. The predicted molar refractivity (Wildman–Crippen MR) is 84.7 cm³/mol. The molecule has 1 heterocycles. The first kappa shape index (κ1) is 17.2. The number of aromatic nitrogens is 1. The van der Waals surface area contributed by atoms with Gasteiger partial charge in [0.1, 0.15) is 5.82 Å². The van der Waals surface area contributed by atoms with Gasteiger partial charge >= 0.3 is 0 Å². The van der Waals surface area contributed by atoms with Crippen LogP contribution in [0.2, 0.25) is 0 Å². The number of hydrogen-bond donors (Lipinski definition) is 2. The molecule has 0 saturated heterocycles. The van der Waals surface area contributed by atoms with Crippen molar-refractivity contribution in [2.75, 3.05) is 11.9 Å². The highest BCUT2D eigenvalue weighted by molar-refractivity contribution is 5.90. The van der Waals surface area contributed by atoms with Gasteiger partial charge in [0, 0.05) is 24.6 Å². The largest absolute Gasteiger partial charge is 0.395 e. The van der Waals surface area contributed by atoms with Crippen molar-refractivity contribution in [3.63, 3.8) is 0 Å². The number of pyridine rings is 1. The topological polar surface area (TPSA) is 62.2 Å². The Kier molecular flexibility index (Phi) is 6.39. The van der Waals surface area contributed by atoms with Crippen LogP contribution in [-0.4, -0.2) is 22.6 Å². The van der Waals surface area contributed by atoms with Crippen molar-refractivity contribution >= 4 is 11.7 Å². The van der Waals surface area contributed by atoms with Crippen molar-refractivity contribution in [1.29, 1.82) is 0 Å². The lowest BCUT2D eigenvalue weighted by Crippen LogP contribution is -2.24. The van der Waals surface area contributed by atoms with Crippen molar-refractivity contribution in [1.82, 2.24) is 4.98 Å². The molecular weight excluding hydrogens is 264 g/mol. The molecule has 0 saturated carbocycles. The summed E-state index contributed by atoms with van der Waals surface area (Å²) in [6.45, 7) is 8.50. The van der Waals surface area contributed by atoms with E-state index in [1.807, 2.05) is 0 Å². The van der Waals surface area contributed by atoms with Gasteiger partial charge in [0.15, 0.2) is 0 Å². The van der Waals surface area contributed by atoms with Crippen LogP contribution in [-0.2, 0) is 4.79 Å². The molecule has 1 amide bonds. The van der Waals surface area contributed by atoms with Gasteiger partial charge in [-0.25, -0.2) is 4.98 Å². The van der Waals surface area contributed by atoms with E-state index >= 15 is 0 Å². The van der Waals surface area contributed by atoms with Crippen LogP contribution in [0.3, 0.4) is 0 Å². The summed E-state index contributed by atoms with van der Waals surface area (Å²) in [6.07, 6.45) is 2.52. The molecule has 1 aromatic rings. The molecule has 0 aliphatic heterocycles. The molecule has 0 aliphatic rings. The molecule has 1 unspecified atom stereocenters. The maximum atomic E-state index is 12.0. The number of rotatable bonds is 4. The fraction of sp³-hybridized carbons (Fsp3) is 0.529. The smallest absolute Gasteiger partial charge is 0.225 e. The van der Waals surface area contributed by atoms with Gasteiger partial charge in [-0.15, -0.1) is 0 Å². The molecule has 0 aromatic carbocycles. The van der Waals surface area contributed by atoms with E-state index < -0.39 is 0 Å². The second-order valence-corrected chi connectivity index (χ2v) is 6.22. The minimum absolute atomic E-state index is 0.0367. The number of hydrogen-bond acceptors (Lipinski definition) is 3. The van der Waals surface area contributed by atoms with E-state index in [9.17, 15) is 4.79 Å². The Labute approximate surface area is 127 Å². The minimum atomic E-state index is -0.0367. The highest BCUT2D eigenvalue weighted by atomic mass is 16.2. The Morgan fingerprint density at radius 2 is 2.19 bits per heavy atom. The monoisotopic (exact) mass is 288 g/mol. The second kappa shape index (κ2) is 7.80. The third kappa shape index (κ3) is 6.42. The third-order valence-corrected chi connectivity index (χ3v) is 3.47. The van der Waals surface area contributed by atoms with Crippen molar-refractivity contribution in [3.05, 3.63) is 23.9 Å².